The van der Waals surface area contributed by atoms with Crippen LogP contribution in [-0.4, -0.2) is 23.4 Å². The normalized spacial score (nSPS) is 29.3. The maximum absolute atomic E-state index is 12.6. The van der Waals surface area contributed by atoms with E-state index < -0.39 is 0 Å². The highest BCUT2D eigenvalue weighted by atomic mass is 32.1. The van der Waals surface area contributed by atoms with Crippen molar-refractivity contribution in [1.82, 2.24) is 10.2 Å². The van der Waals surface area contributed by atoms with E-state index in [0.29, 0.717) is 11.3 Å². The molecular weight excluding hydrogens is 268 g/mol. The second kappa shape index (κ2) is 5.49. The fraction of sp³-hybridized carbons (Fsp3) is 0.688. The molecule has 1 N–H and O–H groups in total. The molecular formula is C16H24N2OS. The van der Waals surface area contributed by atoms with Gasteiger partial charge in [-0.25, -0.2) is 0 Å². The Hall–Kier alpha value is -0.870. The van der Waals surface area contributed by atoms with Crippen LogP contribution in [0, 0.1) is 5.41 Å². The minimum absolute atomic E-state index is 0.00731. The second-order valence-corrected chi connectivity index (χ2v) is 7.51. The number of thiophene rings is 1. The van der Waals surface area contributed by atoms with E-state index in [1.807, 2.05) is 0 Å². The van der Waals surface area contributed by atoms with Gasteiger partial charge < -0.3 is 4.90 Å². The Morgan fingerprint density at radius 1 is 1.45 bits per heavy atom. The molecule has 1 aromatic heterocycles. The average Bonchev–Trinajstić information content (AvgIpc) is 3.13. The Labute approximate surface area is 125 Å². The fourth-order valence-corrected chi connectivity index (χ4v) is 4.42. The fourth-order valence-electron chi connectivity index (χ4n) is 3.62. The van der Waals surface area contributed by atoms with Gasteiger partial charge in [0.2, 0.25) is 5.91 Å². The summed E-state index contributed by atoms with van der Waals surface area (Å²) in [6.45, 7) is 5.33. The summed E-state index contributed by atoms with van der Waals surface area (Å²) in [6.07, 6.45) is 6.09. The molecule has 0 aromatic carbocycles. The number of nitrogens with zero attached hydrogens (tertiary/aromatic N) is 1. The number of hydrogen-bond acceptors (Lipinski definition) is 3. The van der Waals surface area contributed by atoms with Crippen LogP contribution < -0.4 is 5.32 Å². The molecule has 2 unspecified atom stereocenters. The van der Waals surface area contributed by atoms with Crippen LogP contribution in [0.4, 0.5) is 0 Å². The summed E-state index contributed by atoms with van der Waals surface area (Å²) in [4.78, 5) is 16.0. The Balaban J connectivity index is 1.82. The van der Waals surface area contributed by atoms with Gasteiger partial charge in [-0.1, -0.05) is 32.8 Å². The summed E-state index contributed by atoms with van der Waals surface area (Å²) in [5, 5.41) is 5.61. The van der Waals surface area contributed by atoms with Gasteiger partial charge in [-0.15, -0.1) is 11.3 Å². The quantitative estimate of drug-likeness (QED) is 0.920. The van der Waals surface area contributed by atoms with Crippen LogP contribution in [0.1, 0.15) is 57.0 Å². The smallest absolute Gasteiger partial charge is 0.241 e. The molecule has 1 aromatic rings. The highest BCUT2D eigenvalue weighted by molar-refractivity contribution is 7.10. The second-order valence-electron chi connectivity index (χ2n) is 6.53. The number of amides is 1. The molecule has 20 heavy (non-hydrogen) atoms. The molecule has 0 radical (unpaired) electrons. The molecule has 3 nitrogen and oxygen atoms in total. The molecule has 4 heteroatoms. The van der Waals surface area contributed by atoms with Gasteiger partial charge in [0.15, 0.2) is 0 Å². The molecule has 110 valence electrons. The van der Waals surface area contributed by atoms with Crippen LogP contribution in [0.3, 0.4) is 0 Å². The van der Waals surface area contributed by atoms with E-state index in [2.05, 4.69) is 41.6 Å². The zero-order valence-electron chi connectivity index (χ0n) is 12.4. The van der Waals surface area contributed by atoms with Crippen molar-refractivity contribution in [2.24, 2.45) is 5.41 Å². The van der Waals surface area contributed by atoms with Gasteiger partial charge >= 0.3 is 0 Å². The summed E-state index contributed by atoms with van der Waals surface area (Å²) in [5.41, 5.74) is 0.315. The molecule has 1 saturated heterocycles. The molecule has 0 bridgehead atoms. The Bertz CT molecular complexity index is 465. The highest BCUT2D eigenvalue weighted by Gasteiger charge is 2.43. The van der Waals surface area contributed by atoms with E-state index in [1.54, 1.807) is 11.3 Å². The number of nitrogens with one attached hydrogen (secondary N) is 1. The molecule has 1 aliphatic heterocycles. The minimum Gasteiger partial charge on any atom is -0.320 e. The molecule has 2 atom stereocenters. The monoisotopic (exact) mass is 292 g/mol. The van der Waals surface area contributed by atoms with Crippen LogP contribution in [0.25, 0.3) is 0 Å². The molecule has 0 spiro atoms. The first-order valence-electron chi connectivity index (χ1n) is 7.73. The van der Waals surface area contributed by atoms with E-state index in [-0.39, 0.29) is 12.2 Å². The van der Waals surface area contributed by atoms with Crippen molar-refractivity contribution in [1.29, 1.82) is 0 Å². The lowest BCUT2D eigenvalue weighted by atomic mass is 9.88. The van der Waals surface area contributed by atoms with E-state index in [9.17, 15) is 4.79 Å². The lowest BCUT2D eigenvalue weighted by molar-refractivity contribution is -0.131. The molecule has 1 aliphatic carbocycles. The predicted octanol–water partition coefficient (Wildman–Crippen LogP) is 3.54. The zero-order chi connectivity index (χ0) is 14.2. The minimum atomic E-state index is -0.00731. The lowest BCUT2D eigenvalue weighted by Gasteiger charge is -2.33. The third-order valence-electron chi connectivity index (χ3n) is 4.84. The van der Waals surface area contributed by atoms with Crippen LogP contribution >= 0.6 is 11.3 Å². The van der Waals surface area contributed by atoms with Crippen LogP contribution in [0.2, 0.25) is 0 Å². The van der Waals surface area contributed by atoms with Crippen molar-refractivity contribution in [3.63, 3.8) is 0 Å². The molecule has 2 aliphatic rings. The molecule has 2 heterocycles. The third kappa shape index (κ3) is 2.51. The number of hydrogen-bond donors (Lipinski definition) is 1. The number of carbonyl (C=O) groups excluding carboxylic acids is 1. The Kier molecular flexibility index (Phi) is 3.87. The standard InChI is InChI=1S/C16H24N2OS/c1-3-12-15(19)18(11-16(2)8-4-5-9-16)14(17-12)13-7-6-10-20-13/h6-7,10,12,14,17H,3-5,8-9,11H2,1-2H3. The summed E-state index contributed by atoms with van der Waals surface area (Å²) in [7, 11) is 0. The van der Waals surface area contributed by atoms with Gasteiger partial charge in [-0.05, 0) is 36.1 Å². The van der Waals surface area contributed by atoms with Crippen molar-refractivity contribution in [3.8, 4) is 0 Å². The number of carbonyl (C=O) groups is 1. The Morgan fingerprint density at radius 2 is 2.20 bits per heavy atom. The predicted molar refractivity (Wildman–Crippen MR) is 82.6 cm³/mol. The summed E-state index contributed by atoms with van der Waals surface area (Å²) in [5.74, 6) is 0.291. The van der Waals surface area contributed by atoms with E-state index in [0.717, 1.165) is 13.0 Å². The van der Waals surface area contributed by atoms with Gasteiger partial charge in [0.1, 0.15) is 6.17 Å². The van der Waals surface area contributed by atoms with Crippen molar-refractivity contribution in [2.75, 3.05) is 6.54 Å². The highest BCUT2D eigenvalue weighted by Crippen LogP contribution is 2.41. The largest absolute Gasteiger partial charge is 0.320 e. The van der Waals surface area contributed by atoms with Crippen LogP contribution in [0.15, 0.2) is 17.5 Å². The lowest BCUT2D eigenvalue weighted by Crippen LogP contribution is -2.38. The van der Waals surface area contributed by atoms with Crippen LogP contribution in [0.5, 0.6) is 0 Å². The first kappa shape index (κ1) is 14.1. The molecule has 1 amide bonds. The van der Waals surface area contributed by atoms with Crippen molar-refractivity contribution < 1.29 is 4.79 Å². The van der Waals surface area contributed by atoms with Gasteiger partial charge in [-0.3, -0.25) is 10.1 Å². The zero-order valence-corrected chi connectivity index (χ0v) is 13.2. The summed E-state index contributed by atoms with van der Waals surface area (Å²) in [6, 6.07) is 4.20. The molecule has 3 rings (SSSR count). The molecule has 1 saturated carbocycles. The maximum atomic E-state index is 12.6. The van der Waals surface area contributed by atoms with E-state index >= 15 is 0 Å². The third-order valence-corrected chi connectivity index (χ3v) is 5.76. The Morgan fingerprint density at radius 3 is 2.80 bits per heavy atom. The van der Waals surface area contributed by atoms with Crippen molar-refractivity contribution in [3.05, 3.63) is 22.4 Å². The van der Waals surface area contributed by atoms with Gasteiger partial charge in [0, 0.05) is 11.4 Å². The van der Waals surface area contributed by atoms with Crippen molar-refractivity contribution >= 4 is 17.2 Å². The summed E-state index contributed by atoms with van der Waals surface area (Å²) >= 11 is 1.74. The first-order chi connectivity index (χ1) is 9.63. The maximum Gasteiger partial charge on any atom is 0.241 e. The van der Waals surface area contributed by atoms with E-state index in [1.165, 1.54) is 30.6 Å². The van der Waals surface area contributed by atoms with Gasteiger partial charge in [0.25, 0.3) is 0 Å². The first-order valence-corrected chi connectivity index (χ1v) is 8.61. The van der Waals surface area contributed by atoms with Gasteiger partial charge in [-0.2, -0.15) is 0 Å². The van der Waals surface area contributed by atoms with Gasteiger partial charge in [0.05, 0.1) is 6.04 Å². The van der Waals surface area contributed by atoms with Crippen LogP contribution in [-0.2, 0) is 4.79 Å². The van der Waals surface area contributed by atoms with E-state index in [4.69, 9.17) is 0 Å². The number of rotatable bonds is 4. The summed E-state index contributed by atoms with van der Waals surface area (Å²) < 4.78 is 0. The van der Waals surface area contributed by atoms with Crippen molar-refractivity contribution in [2.45, 2.75) is 58.2 Å². The average molecular weight is 292 g/mol. The SMILES string of the molecule is CCC1NC(c2cccs2)N(CC2(C)CCCC2)C1=O. The topological polar surface area (TPSA) is 32.3 Å². The molecule has 2 fully saturated rings.